The molecule has 0 amide bonds. The summed E-state index contributed by atoms with van der Waals surface area (Å²) in [6.45, 7) is 7.98. The van der Waals surface area contributed by atoms with Crippen molar-refractivity contribution in [1.82, 2.24) is 9.80 Å². The van der Waals surface area contributed by atoms with Crippen LogP contribution in [-0.4, -0.2) is 58.6 Å². The molecule has 2 saturated heterocycles. The highest BCUT2D eigenvalue weighted by molar-refractivity contribution is 5.66. The minimum absolute atomic E-state index is 0.290. The standard InChI is InChI=1S/C13H24N2O2/c1-10(5-6-13(16)17)15-9-12-4-3-7-14(12)8-11(15)2/h10-12H,3-9H2,1-2H3,(H,16,17). The largest absolute Gasteiger partial charge is 0.481 e. The molecule has 98 valence electrons. The van der Waals surface area contributed by atoms with Crippen LogP contribution in [0.5, 0.6) is 0 Å². The van der Waals surface area contributed by atoms with Gasteiger partial charge in [-0.25, -0.2) is 0 Å². The lowest BCUT2D eigenvalue weighted by molar-refractivity contribution is -0.137. The summed E-state index contributed by atoms with van der Waals surface area (Å²) in [6.07, 6.45) is 3.70. The van der Waals surface area contributed by atoms with Crippen molar-refractivity contribution in [2.45, 2.75) is 57.7 Å². The zero-order valence-electron chi connectivity index (χ0n) is 10.9. The predicted octanol–water partition coefficient (Wildman–Crippen LogP) is 1.41. The molecule has 2 heterocycles. The Balaban J connectivity index is 1.88. The lowest BCUT2D eigenvalue weighted by Crippen LogP contribution is -2.57. The fourth-order valence-electron chi connectivity index (χ4n) is 3.32. The Morgan fingerprint density at radius 3 is 2.94 bits per heavy atom. The van der Waals surface area contributed by atoms with Crippen molar-refractivity contribution >= 4 is 5.97 Å². The summed E-state index contributed by atoms with van der Waals surface area (Å²) in [6, 6.07) is 1.68. The highest BCUT2D eigenvalue weighted by Gasteiger charge is 2.35. The normalized spacial score (nSPS) is 32.4. The van der Waals surface area contributed by atoms with Gasteiger partial charge in [0.05, 0.1) is 0 Å². The smallest absolute Gasteiger partial charge is 0.303 e. The molecule has 0 saturated carbocycles. The fourth-order valence-corrected chi connectivity index (χ4v) is 3.32. The second kappa shape index (κ2) is 5.36. The molecule has 2 aliphatic rings. The number of hydrogen-bond acceptors (Lipinski definition) is 3. The van der Waals surface area contributed by atoms with E-state index in [0.29, 0.717) is 18.5 Å². The molecule has 0 spiro atoms. The van der Waals surface area contributed by atoms with Crippen LogP contribution < -0.4 is 0 Å². The molecule has 2 fully saturated rings. The summed E-state index contributed by atoms with van der Waals surface area (Å²) in [5, 5.41) is 8.75. The number of carboxylic acid groups (broad SMARTS) is 1. The number of rotatable bonds is 4. The molecule has 17 heavy (non-hydrogen) atoms. The molecule has 2 rings (SSSR count). The van der Waals surface area contributed by atoms with Gasteiger partial charge in [0.15, 0.2) is 0 Å². The van der Waals surface area contributed by atoms with Gasteiger partial charge in [-0.15, -0.1) is 0 Å². The Morgan fingerprint density at radius 2 is 2.24 bits per heavy atom. The summed E-state index contributed by atoms with van der Waals surface area (Å²) in [5.41, 5.74) is 0. The summed E-state index contributed by atoms with van der Waals surface area (Å²) in [4.78, 5) is 15.7. The minimum atomic E-state index is -0.677. The Labute approximate surface area is 104 Å². The molecule has 0 bridgehead atoms. The van der Waals surface area contributed by atoms with E-state index in [-0.39, 0.29) is 0 Å². The monoisotopic (exact) mass is 240 g/mol. The minimum Gasteiger partial charge on any atom is -0.481 e. The van der Waals surface area contributed by atoms with Crippen LogP contribution in [0.15, 0.2) is 0 Å². The molecule has 3 unspecified atom stereocenters. The zero-order valence-corrected chi connectivity index (χ0v) is 10.9. The van der Waals surface area contributed by atoms with E-state index in [1.807, 2.05) is 0 Å². The summed E-state index contributed by atoms with van der Waals surface area (Å²) in [7, 11) is 0. The molecule has 0 radical (unpaired) electrons. The Kier molecular flexibility index (Phi) is 4.05. The lowest BCUT2D eigenvalue weighted by Gasteiger charge is -2.45. The van der Waals surface area contributed by atoms with Crippen LogP contribution >= 0.6 is 0 Å². The van der Waals surface area contributed by atoms with Gasteiger partial charge in [0.2, 0.25) is 0 Å². The molecule has 3 atom stereocenters. The van der Waals surface area contributed by atoms with E-state index in [9.17, 15) is 4.79 Å². The second-order valence-corrected chi connectivity index (χ2v) is 5.62. The van der Waals surface area contributed by atoms with Crippen molar-refractivity contribution < 1.29 is 9.90 Å². The maximum absolute atomic E-state index is 10.6. The van der Waals surface area contributed by atoms with Crippen molar-refractivity contribution in [3.63, 3.8) is 0 Å². The predicted molar refractivity (Wildman–Crippen MR) is 67.1 cm³/mol. The lowest BCUT2D eigenvalue weighted by atomic mass is 10.0. The van der Waals surface area contributed by atoms with Gasteiger partial charge in [0, 0.05) is 37.6 Å². The first-order valence-corrected chi connectivity index (χ1v) is 6.79. The van der Waals surface area contributed by atoms with Crippen LogP contribution in [-0.2, 0) is 4.79 Å². The van der Waals surface area contributed by atoms with E-state index in [1.54, 1.807) is 0 Å². The first kappa shape index (κ1) is 12.8. The van der Waals surface area contributed by atoms with Crippen LogP contribution in [0.4, 0.5) is 0 Å². The van der Waals surface area contributed by atoms with Gasteiger partial charge in [0.1, 0.15) is 0 Å². The molecular formula is C13H24N2O2. The molecule has 4 heteroatoms. The Hall–Kier alpha value is -0.610. The third kappa shape index (κ3) is 2.99. The van der Waals surface area contributed by atoms with E-state index in [1.165, 1.54) is 19.4 Å². The quantitative estimate of drug-likeness (QED) is 0.807. The Morgan fingerprint density at radius 1 is 1.47 bits per heavy atom. The fraction of sp³-hybridized carbons (Fsp3) is 0.923. The van der Waals surface area contributed by atoms with Crippen LogP contribution in [0.1, 0.15) is 39.5 Å². The molecule has 4 nitrogen and oxygen atoms in total. The summed E-state index contributed by atoms with van der Waals surface area (Å²) in [5.74, 6) is -0.677. The van der Waals surface area contributed by atoms with Crippen LogP contribution in [0.25, 0.3) is 0 Å². The molecule has 0 aliphatic carbocycles. The highest BCUT2D eigenvalue weighted by atomic mass is 16.4. The van der Waals surface area contributed by atoms with Gasteiger partial charge in [-0.05, 0) is 39.7 Å². The molecule has 0 aromatic carbocycles. The number of fused-ring (bicyclic) bond motifs is 1. The van der Waals surface area contributed by atoms with Gasteiger partial charge < -0.3 is 5.11 Å². The van der Waals surface area contributed by atoms with Crippen molar-refractivity contribution in [3.8, 4) is 0 Å². The first-order chi connectivity index (χ1) is 8.08. The number of aliphatic carboxylic acids is 1. The third-order valence-corrected chi connectivity index (χ3v) is 4.33. The molecule has 0 aromatic heterocycles. The number of piperazine rings is 1. The SMILES string of the molecule is CC(CCC(=O)O)N1CC2CCCN2CC1C. The third-order valence-electron chi connectivity index (χ3n) is 4.33. The van der Waals surface area contributed by atoms with E-state index < -0.39 is 5.97 Å². The van der Waals surface area contributed by atoms with Crippen molar-refractivity contribution in [2.75, 3.05) is 19.6 Å². The van der Waals surface area contributed by atoms with Gasteiger partial charge in [0.25, 0.3) is 0 Å². The zero-order chi connectivity index (χ0) is 12.4. The maximum atomic E-state index is 10.6. The van der Waals surface area contributed by atoms with Gasteiger partial charge in [-0.3, -0.25) is 14.6 Å². The van der Waals surface area contributed by atoms with Gasteiger partial charge in [-0.1, -0.05) is 0 Å². The van der Waals surface area contributed by atoms with Crippen LogP contribution in [0.2, 0.25) is 0 Å². The van der Waals surface area contributed by atoms with Crippen molar-refractivity contribution in [3.05, 3.63) is 0 Å². The van der Waals surface area contributed by atoms with E-state index in [2.05, 4.69) is 23.6 Å². The number of hydrogen-bond donors (Lipinski definition) is 1. The van der Waals surface area contributed by atoms with E-state index in [4.69, 9.17) is 5.11 Å². The van der Waals surface area contributed by atoms with Gasteiger partial charge >= 0.3 is 5.97 Å². The highest BCUT2D eigenvalue weighted by Crippen LogP contribution is 2.26. The van der Waals surface area contributed by atoms with Crippen molar-refractivity contribution in [1.29, 1.82) is 0 Å². The second-order valence-electron chi connectivity index (χ2n) is 5.62. The van der Waals surface area contributed by atoms with E-state index in [0.717, 1.165) is 25.6 Å². The van der Waals surface area contributed by atoms with Gasteiger partial charge in [-0.2, -0.15) is 0 Å². The average molecular weight is 240 g/mol. The molecular weight excluding hydrogens is 216 g/mol. The number of carboxylic acids is 1. The summed E-state index contributed by atoms with van der Waals surface area (Å²) < 4.78 is 0. The molecule has 2 aliphatic heterocycles. The number of carbonyl (C=O) groups is 1. The molecule has 0 aromatic rings. The summed E-state index contributed by atoms with van der Waals surface area (Å²) >= 11 is 0. The molecule has 1 N–H and O–H groups in total. The first-order valence-electron chi connectivity index (χ1n) is 6.79. The van der Waals surface area contributed by atoms with Crippen LogP contribution in [0, 0.1) is 0 Å². The van der Waals surface area contributed by atoms with E-state index >= 15 is 0 Å². The maximum Gasteiger partial charge on any atom is 0.303 e. The number of nitrogens with zero attached hydrogens (tertiary/aromatic N) is 2. The van der Waals surface area contributed by atoms with Crippen LogP contribution in [0.3, 0.4) is 0 Å². The Bertz CT molecular complexity index is 283. The average Bonchev–Trinajstić information content (AvgIpc) is 2.71. The topological polar surface area (TPSA) is 43.8 Å². The van der Waals surface area contributed by atoms with Crippen molar-refractivity contribution in [2.24, 2.45) is 0 Å².